The van der Waals surface area contributed by atoms with E-state index in [0.717, 1.165) is 21.8 Å². The zero-order valence-electron chi connectivity index (χ0n) is 11.4. The molecule has 19 heavy (non-hydrogen) atoms. The molecule has 0 spiro atoms. The lowest BCUT2D eigenvalue weighted by atomic mass is 10.1. The van der Waals surface area contributed by atoms with Crippen LogP contribution in [0, 0.1) is 0 Å². The van der Waals surface area contributed by atoms with E-state index in [1.165, 1.54) is 0 Å². The predicted molar refractivity (Wildman–Crippen MR) is 84.7 cm³/mol. The molecule has 0 saturated carbocycles. The minimum Gasteiger partial charge on any atom is -0.444 e. The summed E-state index contributed by atoms with van der Waals surface area (Å²) in [6.07, 6.45) is 0.419. The molecule has 5 heteroatoms. The number of benzene rings is 1. The van der Waals surface area contributed by atoms with Gasteiger partial charge < -0.3 is 10.1 Å². The number of ether oxygens (including phenoxy) is 1. The molecule has 0 heterocycles. The molecule has 0 aromatic heterocycles. The van der Waals surface area contributed by atoms with Gasteiger partial charge in [-0.3, -0.25) is 0 Å². The molecule has 1 rings (SSSR count). The molecule has 0 bridgehead atoms. The molecule has 1 aromatic rings. The Labute approximate surface area is 131 Å². The first-order valence-electron chi connectivity index (χ1n) is 6.13. The molecule has 106 valence electrons. The van der Waals surface area contributed by atoms with Crippen molar-refractivity contribution in [3.63, 3.8) is 0 Å². The van der Waals surface area contributed by atoms with Crippen molar-refractivity contribution in [1.82, 2.24) is 5.32 Å². The minimum absolute atomic E-state index is 0.0534. The average molecular weight is 393 g/mol. The van der Waals surface area contributed by atoms with E-state index < -0.39 is 5.60 Å². The highest BCUT2D eigenvalue weighted by Crippen LogP contribution is 2.21. The summed E-state index contributed by atoms with van der Waals surface area (Å²) < 4.78 is 6.30. The number of carbonyl (C=O) groups excluding carboxylic acids is 1. The summed E-state index contributed by atoms with van der Waals surface area (Å²) in [5.74, 6) is 0. The Kier molecular flexibility index (Phi) is 6.33. The molecule has 0 fully saturated rings. The molecule has 0 radical (unpaired) electrons. The van der Waals surface area contributed by atoms with Crippen LogP contribution in [0.2, 0.25) is 0 Å². The van der Waals surface area contributed by atoms with E-state index in [-0.39, 0.29) is 12.1 Å². The fourth-order valence-corrected chi connectivity index (χ4v) is 2.30. The average Bonchev–Trinajstić information content (AvgIpc) is 2.27. The number of hydrogen-bond acceptors (Lipinski definition) is 2. The minimum atomic E-state index is -0.483. The van der Waals surface area contributed by atoms with Crippen LogP contribution in [0.5, 0.6) is 0 Å². The van der Waals surface area contributed by atoms with Gasteiger partial charge in [0.05, 0.1) is 6.04 Å². The number of amides is 1. The lowest BCUT2D eigenvalue weighted by molar-refractivity contribution is 0.0502. The van der Waals surface area contributed by atoms with Crippen LogP contribution in [-0.2, 0) is 4.74 Å². The third-order valence-corrected chi connectivity index (χ3v) is 3.35. The van der Waals surface area contributed by atoms with Gasteiger partial charge in [0, 0.05) is 9.80 Å². The smallest absolute Gasteiger partial charge is 0.408 e. The van der Waals surface area contributed by atoms with Gasteiger partial charge in [0.2, 0.25) is 0 Å². The van der Waals surface area contributed by atoms with Crippen LogP contribution in [0.4, 0.5) is 4.79 Å². The Hall–Kier alpha value is -0.550. The van der Waals surface area contributed by atoms with Crippen LogP contribution in [0.3, 0.4) is 0 Å². The van der Waals surface area contributed by atoms with Crippen molar-refractivity contribution < 1.29 is 9.53 Å². The number of alkyl carbamates (subject to hydrolysis) is 1. The lowest BCUT2D eigenvalue weighted by Crippen LogP contribution is -2.35. The van der Waals surface area contributed by atoms with Crippen LogP contribution in [-0.4, -0.2) is 17.0 Å². The third kappa shape index (κ3) is 6.43. The summed E-state index contributed by atoms with van der Waals surface area (Å²) in [4.78, 5) is 11.8. The van der Waals surface area contributed by atoms with Crippen LogP contribution >= 0.6 is 31.9 Å². The van der Waals surface area contributed by atoms with E-state index in [4.69, 9.17) is 4.74 Å². The molecule has 1 atom stereocenters. The SMILES string of the molecule is CC(C)(C)OC(=O)N[C@H](CCBr)c1ccc(Br)cc1. The normalized spacial score (nSPS) is 12.9. The van der Waals surface area contributed by atoms with E-state index >= 15 is 0 Å². The number of nitrogens with one attached hydrogen (secondary N) is 1. The largest absolute Gasteiger partial charge is 0.444 e. The van der Waals surface area contributed by atoms with Crippen molar-refractivity contribution in [2.24, 2.45) is 0 Å². The van der Waals surface area contributed by atoms with Crippen molar-refractivity contribution in [3.05, 3.63) is 34.3 Å². The molecule has 3 nitrogen and oxygen atoms in total. The number of rotatable bonds is 4. The van der Waals surface area contributed by atoms with Crippen molar-refractivity contribution in [3.8, 4) is 0 Å². The Morgan fingerprint density at radius 3 is 2.37 bits per heavy atom. The highest BCUT2D eigenvalue weighted by atomic mass is 79.9. The van der Waals surface area contributed by atoms with Crippen molar-refractivity contribution >= 4 is 38.0 Å². The summed E-state index contributed by atoms with van der Waals surface area (Å²) in [6, 6.07) is 7.87. The summed E-state index contributed by atoms with van der Waals surface area (Å²) in [5.41, 5.74) is 0.580. The van der Waals surface area contributed by atoms with Gasteiger partial charge >= 0.3 is 6.09 Å². The second kappa shape index (κ2) is 7.29. The maximum Gasteiger partial charge on any atom is 0.408 e. The second-order valence-corrected chi connectivity index (χ2v) is 6.94. The molecule has 0 aliphatic carbocycles. The van der Waals surface area contributed by atoms with E-state index in [1.54, 1.807) is 0 Å². The van der Waals surface area contributed by atoms with E-state index in [2.05, 4.69) is 37.2 Å². The number of halogens is 2. The number of carbonyl (C=O) groups is 1. The van der Waals surface area contributed by atoms with Gasteiger partial charge in [-0.1, -0.05) is 44.0 Å². The summed E-state index contributed by atoms with van der Waals surface area (Å²) in [7, 11) is 0. The quantitative estimate of drug-likeness (QED) is 0.747. The maximum absolute atomic E-state index is 11.8. The van der Waals surface area contributed by atoms with Crippen LogP contribution in [0.1, 0.15) is 38.8 Å². The van der Waals surface area contributed by atoms with Crippen molar-refractivity contribution in [1.29, 1.82) is 0 Å². The lowest BCUT2D eigenvalue weighted by Gasteiger charge is -2.23. The Morgan fingerprint density at radius 2 is 1.89 bits per heavy atom. The summed E-state index contributed by atoms with van der Waals surface area (Å²) in [5, 5.41) is 3.71. The number of alkyl halides is 1. The topological polar surface area (TPSA) is 38.3 Å². The first kappa shape index (κ1) is 16.5. The van der Waals surface area contributed by atoms with Gasteiger partial charge in [0.25, 0.3) is 0 Å². The maximum atomic E-state index is 11.8. The molecule has 1 N–H and O–H groups in total. The van der Waals surface area contributed by atoms with Gasteiger partial charge in [-0.2, -0.15) is 0 Å². The predicted octanol–water partition coefficient (Wildman–Crippen LogP) is 4.80. The Morgan fingerprint density at radius 1 is 1.32 bits per heavy atom. The second-order valence-electron chi connectivity index (χ2n) is 5.23. The van der Waals surface area contributed by atoms with Crippen LogP contribution in [0.25, 0.3) is 0 Å². The Balaban J connectivity index is 2.73. The van der Waals surface area contributed by atoms with E-state index in [0.29, 0.717) is 0 Å². The molecule has 0 aliphatic rings. The summed E-state index contributed by atoms with van der Waals surface area (Å²) in [6.45, 7) is 5.56. The summed E-state index contributed by atoms with van der Waals surface area (Å²) >= 11 is 6.81. The molecule has 0 unspecified atom stereocenters. The van der Waals surface area contributed by atoms with Crippen LogP contribution in [0.15, 0.2) is 28.7 Å². The first-order valence-corrected chi connectivity index (χ1v) is 8.04. The van der Waals surface area contributed by atoms with Crippen molar-refractivity contribution in [2.75, 3.05) is 5.33 Å². The molecule has 0 saturated heterocycles. The zero-order chi connectivity index (χ0) is 14.5. The van der Waals surface area contributed by atoms with Gasteiger partial charge in [-0.05, 0) is 44.9 Å². The third-order valence-electron chi connectivity index (χ3n) is 2.36. The monoisotopic (exact) mass is 391 g/mol. The molecular formula is C14H19Br2NO2. The highest BCUT2D eigenvalue weighted by Gasteiger charge is 2.20. The molecule has 0 aliphatic heterocycles. The van der Waals surface area contributed by atoms with Gasteiger partial charge in [-0.15, -0.1) is 0 Å². The molecular weight excluding hydrogens is 374 g/mol. The highest BCUT2D eigenvalue weighted by molar-refractivity contribution is 9.10. The zero-order valence-corrected chi connectivity index (χ0v) is 14.5. The standard InChI is InChI=1S/C14H19Br2NO2/c1-14(2,3)19-13(18)17-12(8-9-15)10-4-6-11(16)7-5-10/h4-7,12H,8-9H2,1-3H3,(H,17,18)/t12-/m1/s1. The molecule has 1 amide bonds. The van der Waals surface area contributed by atoms with Crippen molar-refractivity contribution in [2.45, 2.75) is 38.8 Å². The van der Waals surface area contributed by atoms with Gasteiger partial charge in [0.15, 0.2) is 0 Å². The fourth-order valence-electron chi connectivity index (χ4n) is 1.58. The first-order chi connectivity index (χ1) is 8.81. The van der Waals surface area contributed by atoms with Gasteiger partial charge in [-0.25, -0.2) is 4.79 Å². The molecule has 1 aromatic carbocycles. The number of hydrogen-bond donors (Lipinski definition) is 1. The van der Waals surface area contributed by atoms with Gasteiger partial charge in [0.1, 0.15) is 5.60 Å². The van der Waals surface area contributed by atoms with E-state index in [1.807, 2.05) is 45.0 Å². The van der Waals surface area contributed by atoms with E-state index in [9.17, 15) is 4.79 Å². The fraction of sp³-hybridized carbons (Fsp3) is 0.500. The van der Waals surface area contributed by atoms with Crippen LogP contribution < -0.4 is 5.32 Å². The Bertz CT molecular complexity index is 412.